The zero-order valence-electron chi connectivity index (χ0n) is 13.7. The highest BCUT2D eigenvalue weighted by Gasteiger charge is 2.27. The molecule has 1 heterocycles. The Bertz CT molecular complexity index is 449. The zero-order valence-corrected chi connectivity index (χ0v) is 13.7. The van der Waals surface area contributed by atoms with E-state index in [1.165, 1.54) is 63.0 Å². The highest BCUT2D eigenvalue weighted by Crippen LogP contribution is 2.28. The van der Waals surface area contributed by atoms with Gasteiger partial charge < -0.3 is 0 Å². The summed E-state index contributed by atoms with van der Waals surface area (Å²) in [4.78, 5) is 5.40. The van der Waals surface area contributed by atoms with Crippen LogP contribution in [0.3, 0.4) is 0 Å². The number of aryl methyl sites for hydroxylation is 1. The molecule has 1 saturated carbocycles. The van der Waals surface area contributed by atoms with Gasteiger partial charge in [-0.25, -0.2) is 0 Å². The molecule has 0 bridgehead atoms. The lowest BCUT2D eigenvalue weighted by molar-refractivity contribution is 0.0658. The van der Waals surface area contributed by atoms with Crippen LogP contribution in [0.5, 0.6) is 0 Å². The maximum atomic E-state index is 2.77. The molecule has 0 radical (unpaired) electrons. The van der Waals surface area contributed by atoms with Crippen LogP contribution < -0.4 is 0 Å². The van der Waals surface area contributed by atoms with E-state index >= 15 is 0 Å². The van der Waals surface area contributed by atoms with E-state index in [0.717, 1.165) is 18.5 Å². The molecule has 2 heteroatoms. The maximum absolute atomic E-state index is 2.77. The molecule has 0 N–H and O–H groups in total. The fourth-order valence-corrected chi connectivity index (χ4v) is 4.05. The van der Waals surface area contributed by atoms with Crippen molar-refractivity contribution in [3.63, 3.8) is 0 Å². The number of benzene rings is 1. The van der Waals surface area contributed by atoms with Gasteiger partial charge in [0.05, 0.1) is 0 Å². The van der Waals surface area contributed by atoms with Gasteiger partial charge in [-0.15, -0.1) is 0 Å². The van der Waals surface area contributed by atoms with Crippen LogP contribution in [-0.2, 0) is 6.54 Å². The first-order chi connectivity index (χ1) is 10.2. The summed E-state index contributed by atoms with van der Waals surface area (Å²) in [6.45, 7) is 10.8. The molecule has 1 saturated heterocycles. The van der Waals surface area contributed by atoms with Crippen LogP contribution in [0.2, 0.25) is 0 Å². The summed E-state index contributed by atoms with van der Waals surface area (Å²) < 4.78 is 0. The van der Waals surface area contributed by atoms with Crippen molar-refractivity contribution in [3.05, 3.63) is 35.4 Å². The molecule has 1 aromatic carbocycles. The second kappa shape index (κ2) is 6.93. The first-order valence-corrected chi connectivity index (χ1v) is 8.73. The molecule has 1 aliphatic carbocycles. The highest BCUT2D eigenvalue weighted by molar-refractivity contribution is 5.25. The Morgan fingerprint density at radius 3 is 2.52 bits per heavy atom. The van der Waals surface area contributed by atoms with Crippen LogP contribution in [0.1, 0.15) is 43.7 Å². The third-order valence-electron chi connectivity index (χ3n) is 5.49. The van der Waals surface area contributed by atoms with Crippen LogP contribution in [0.25, 0.3) is 0 Å². The van der Waals surface area contributed by atoms with Crippen molar-refractivity contribution < 1.29 is 0 Å². The molecule has 1 aliphatic heterocycles. The van der Waals surface area contributed by atoms with Gasteiger partial charge in [-0.1, -0.05) is 44.0 Å². The largest absolute Gasteiger partial charge is 0.298 e. The quantitative estimate of drug-likeness (QED) is 0.836. The van der Waals surface area contributed by atoms with Gasteiger partial charge in [-0.3, -0.25) is 9.80 Å². The lowest BCUT2D eigenvalue weighted by Gasteiger charge is -2.42. The average molecular weight is 286 g/mol. The van der Waals surface area contributed by atoms with E-state index in [4.69, 9.17) is 0 Å². The normalized spacial score (nSPS) is 28.7. The maximum Gasteiger partial charge on any atom is 0.0237 e. The van der Waals surface area contributed by atoms with Crippen molar-refractivity contribution in [2.24, 2.45) is 5.92 Å². The Hall–Kier alpha value is -0.860. The SMILES string of the molecule is Cc1ccccc1CN1CCN([C@@H]2CCC[C@H](C)C2)CC1. The summed E-state index contributed by atoms with van der Waals surface area (Å²) in [6, 6.07) is 9.69. The van der Waals surface area contributed by atoms with Gasteiger partial charge >= 0.3 is 0 Å². The van der Waals surface area contributed by atoms with Crippen LogP contribution in [0, 0.1) is 12.8 Å². The number of rotatable bonds is 3. The van der Waals surface area contributed by atoms with E-state index in [2.05, 4.69) is 47.9 Å². The lowest BCUT2D eigenvalue weighted by atomic mass is 9.86. The van der Waals surface area contributed by atoms with E-state index in [1.807, 2.05) is 0 Å². The Morgan fingerprint density at radius 1 is 1.05 bits per heavy atom. The Labute approximate surface area is 130 Å². The van der Waals surface area contributed by atoms with Gasteiger partial charge in [0.2, 0.25) is 0 Å². The van der Waals surface area contributed by atoms with E-state index in [0.29, 0.717) is 0 Å². The molecule has 0 unspecified atom stereocenters. The predicted molar refractivity (Wildman–Crippen MR) is 89.4 cm³/mol. The first-order valence-electron chi connectivity index (χ1n) is 8.73. The fourth-order valence-electron chi connectivity index (χ4n) is 4.05. The van der Waals surface area contributed by atoms with Crippen LogP contribution in [0.15, 0.2) is 24.3 Å². The standard InChI is InChI=1S/C19H30N2/c1-16-6-5-9-19(14-16)21-12-10-20(11-13-21)15-18-8-4-3-7-17(18)2/h3-4,7-8,16,19H,5-6,9-15H2,1-2H3/t16-,19+/m0/s1. The van der Waals surface area contributed by atoms with Crippen molar-refractivity contribution in [1.29, 1.82) is 0 Å². The van der Waals surface area contributed by atoms with Crippen LogP contribution in [0.4, 0.5) is 0 Å². The molecule has 2 aliphatic rings. The van der Waals surface area contributed by atoms with Crippen molar-refractivity contribution in [2.75, 3.05) is 26.2 Å². The van der Waals surface area contributed by atoms with E-state index in [1.54, 1.807) is 0 Å². The molecule has 1 aromatic rings. The minimum absolute atomic E-state index is 0.870. The van der Waals surface area contributed by atoms with E-state index in [9.17, 15) is 0 Å². The summed E-state index contributed by atoms with van der Waals surface area (Å²) in [5.41, 5.74) is 2.93. The molecule has 3 rings (SSSR count). The van der Waals surface area contributed by atoms with E-state index < -0.39 is 0 Å². The molecule has 116 valence electrons. The van der Waals surface area contributed by atoms with Crippen molar-refractivity contribution in [3.8, 4) is 0 Å². The second-order valence-corrected chi connectivity index (χ2v) is 7.16. The summed E-state index contributed by atoms with van der Waals surface area (Å²) in [5, 5.41) is 0. The first kappa shape index (κ1) is 15.1. The van der Waals surface area contributed by atoms with E-state index in [-0.39, 0.29) is 0 Å². The summed E-state index contributed by atoms with van der Waals surface area (Å²) in [7, 11) is 0. The van der Waals surface area contributed by atoms with Gasteiger partial charge in [0, 0.05) is 38.8 Å². The van der Waals surface area contributed by atoms with Crippen molar-refractivity contribution in [2.45, 2.75) is 52.1 Å². The molecular weight excluding hydrogens is 256 g/mol. The predicted octanol–water partition coefficient (Wildman–Crippen LogP) is 3.69. The molecule has 0 aromatic heterocycles. The van der Waals surface area contributed by atoms with Gasteiger partial charge in [0.25, 0.3) is 0 Å². The summed E-state index contributed by atoms with van der Waals surface area (Å²) >= 11 is 0. The highest BCUT2D eigenvalue weighted by atomic mass is 15.3. The van der Waals surface area contributed by atoms with Crippen LogP contribution >= 0.6 is 0 Å². The average Bonchev–Trinajstić information content (AvgIpc) is 2.50. The lowest BCUT2D eigenvalue weighted by Crippen LogP contribution is -2.50. The fraction of sp³-hybridized carbons (Fsp3) is 0.684. The molecule has 2 fully saturated rings. The Balaban J connectivity index is 1.50. The molecule has 0 amide bonds. The molecule has 0 spiro atoms. The Morgan fingerprint density at radius 2 is 1.81 bits per heavy atom. The minimum atomic E-state index is 0.870. The third-order valence-corrected chi connectivity index (χ3v) is 5.49. The molecule has 2 atom stereocenters. The number of piperazine rings is 1. The number of hydrogen-bond acceptors (Lipinski definition) is 2. The number of hydrogen-bond donors (Lipinski definition) is 0. The van der Waals surface area contributed by atoms with Gasteiger partial charge in [-0.2, -0.15) is 0 Å². The molecular formula is C19H30N2. The summed E-state index contributed by atoms with van der Waals surface area (Å²) in [6.07, 6.45) is 5.75. The number of nitrogens with zero attached hydrogens (tertiary/aromatic N) is 2. The van der Waals surface area contributed by atoms with Crippen molar-refractivity contribution in [1.82, 2.24) is 9.80 Å². The van der Waals surface area contributed by atoms with Gasteiger partial charge in [0.1, 0.15) is 0 Å². The summed E-state index contributed by atoms with van der Waals surface area (Å²) in [5.74, 6) is 0.939. The Kier molecular flexibility index (Phi) is 4.97. The minimum Gasteiger partial charge on any atom is -0.298 e. The topological polar surface area (TPSA) is 6.48 Å². The van der Waals surface area contributed by atoms with Gasteiger partial charge in [0.15, 0.2) is 0 Å². The van der Waals surface area contributed by atoms with Gasteiger partial charge in [-0.05, 0) is 36.8 Å². The van der Waals surface area contributed by atoms with Crippen molar-refractivity contribution >= 4 is 0 Å². The third kappa shape index (κ3) is 3.87. The van der Waals surface area contributed by atoms with Crippen LogP contribution in [-0.4, -0.2) is 42.0 Å². The monoisotopic (exact) mass is 286 g/mol. The molecule has 21 heavy (non-hydrogen) atoms. The zero-order chi connectivity index (χ0) is 14.7. The smallest absolute Gasteiger partial charge is 0.0237 e. The molecule has 2 nitrogen and oxygen atoms in total. The second-order valence-electron chi connectivity index (χ2n) is 7.16.